The molecule has 0 radical (unpaired) electrons. The van der Waals surface area contributed by atoms with Crippen LogP contribution in [0, 0.1) is 6.92 Å². The van der Waals surface area contributed by atoms with Crippen LogP contribution in [-0.2, 0) is 4.79 Å². The number of halogens is 3. The average Bonchev–Trinajstić information content (AvgIpc) is 2.90. The molecular formula is C20H16Br2ClNO3S2. The number of aryl methyl sites for hydroxylation is 1. The van der Waals surface area contributed by atoms with Crippen LogP contribution in [0.3, 0.4) is 0 Å². The molecule has 0 atom stereocenters. The van der Waals surface area contributed by atoms with Gasteiger partial charge in [-0.2, -0.15) is 0 Å². The molecule has 152 valence electrons. The lowest BCUT2D eigenvalue weighted by Crippen LogP contribution is -2.22. The molecule has 1 saturated heterocycles. The first-order chi connectivity index (χ1) is 13.8. The zero-order valence-electron chi connectivity index (χ0n) is 15.5. The van der Waals surface area contributed by atoms with Crippen molar-refractivity contribution in [3.05, 3.63) is 60.3 Å². The molecule has 1 aliphatic heterocycles. The summed E-state index contributed by atoms with van der Waals surface area (Å²) in [6, 6.07) is 9.32. The van der Waals surface area contributed by atoms with Crippen molar-refractivity contribution in [1.82, 2.24) is 4.90 Å². The maximum atomic E-state index is 12.2. The van der Waals surface area contributed by atoms with Gasteiger partial charge in [-0.05, 0) is 86.3 Å². The highest BCUT2D eigenvalue weighted by Crippen LogP contribution is 2.37. The number of hydrogen-bond donors (Lipinski definition) is 0. The Morgan fingerprint density at radius 3 is 2.41 bits per heavy atom. The summed E-state index contributed by atoms with van der Waals surface area (Å²) in [6.45, 7) is 2.69. The third-order valence-corrected chi connectivity index (χ3v) is 7.12. The Morgan fingerprint density at radius 2 is 1.83 bits per heavy atom. The third kappa shape index (κ3) is 5.55. The van der Waals surface area contributed by atoms with E-state index in [9.17, 15) is 4.79 Å². The molecule has 1 fully saturated rings. The summed E-state index contributed by atoms with van der Waals surface area (Å²) in [5.41, 5.74) is 1.82. The summed E-state index contributed by atoms with van der Waals surface area (Å²) in [4.78, 5) is 14.2. The Kier molecular flexibility index (Phi) is 7.67. The van der Waals surface area contributed by atoms with Crippen molar-refractivity contribution in [1.29, 1.82) is 0 Å². The van der Waals surface area contributed by atoms with Crippen LogP contribution < -0.4 is 9.47 Å². The van der Waals surface area contributed by atoms with E-state index in [1.165, 1.54) is 16.7 Å². The molecule has 2 aromatic rings. The Labute approximate surface area is 200 Å². The first-order valence-corrected chi connectivity index (χ1v) is 11.7. The molecule has 0 aliphatic carbocycles. The van der Waals surface area contributed by atoms with Crippen molar-refractivity contribution in [2.24, 2.45) is 0 Å². The number of hydrogen-bond acceptors (Lipinski definition) is 5. The third-order valence-electron chi connectivity index (χ3n) is 4.03. The lowest BCUT2D eigenvalue weighted by Gasteiger charge is -2.13. The molecule has 0 unspecified atom stereocenters. The second kappa shape index (κ2) is 9.83. The number of nitrogens with zero attached hydrogens (tertiary/aromatic N) is 1. The number of thiocarbonyl (C=S) groups is 1. The Balaban J connectivity index is 1.63. The predicted molar refractivity (Wildman–Crippen MR) is 130 cm³/mol. The van der Waals surface area contributed by atoms with Gasteiger partial charge in [-0.25, -0.2) is 0 Å². The number of ether oxygens (including phenoxy) is 2. The Bertz CT molecular complexity index is 990. The van der Waals surface area contributed by atoms with E-state index in [1.54, 1.807) is 7.05 Å². The summed E-state index contributed by atoms with van der Waals surface area (Å²) < 4.78 is 13.7. The fraction of sp³-hybridized carbons (Fsp3) is 0.200. The molecule has 0 saturated carbocycles. The molecule has 1 aliphatic rings. The Hall–Kier alpha value is -1.06. The van der Waals surface area contributed by atoms with Gasteiger partial charge in [0, 0.05) is 12.1 Å². The van der Waals surface area contributed by atoms with Gasteiger partial charge in [0.15, 0.2) is 0 Å². The summed E-state index contributed by atoms with van der Waals surface area (Å²) >= 11 is 19.5. The lowest BCUT2D eigenvalue weighted by atomic mass is 10.2. The van der Waals surface area contributed by atoms with Crippen molar-refractivity contribution in [2.75, 3.05) is 20.3 Å². The highest BCUT2D eigenvalue weighted by molar-refractivity contribution is 9.11. The first-order valence-electron chi connectivity index (χ1n) is 8.48. The van der Waals surface area contributed by atoms with Gasteiger partial charge in [-0.15, -0.1) is 0 Å². The van der Waals surface area contributed by atoms with Gasteiger partial charge in [-0.3, -0.25) is 9.69 Å². The van der Waals surface area contributed by atoms with Gasteiger partial charge in [0.1, 0.15) is 29.0 Å². The monoisotopic (exact) mass is 575 g/mol. The van der Waals surface area contributed by atoms with Crippen molar-refractivity contribution < 1.29 is 14.3 Å². The first kappa shape index (κ1) is 22.6. The zero-order valence-corrected chi connectivity index (χ0v) is 21.1. The summed E-state index contributed by atoms with van der Waals surface area (Å²) in [5, 5.41) is 0.711. The number of carbonyl (C=O) groups is 1. The number of thioether (sulfide) groups is 1. The molecule has 0 bridgehead atoms. The number of likely N-dealkylation sites (N-methyl/N-ethyl adjacent to an activating group) is 1. The molecule has 9 heteroatoms. The maximum absolute atomic E-state index is 12.2. The van der Waals surface area contributed by atoms with Crippen molar-refractivity contribution in [2.45, 2.75) is 6.92 Å². The SMILES string of the molecule is Cc1cc(OCCOc2c(Br)cc(/C=C3\SC(=S)N(C)C3=O)cc2Br)ccc1Cl. The largest absolute Gasteiger partial charge is 0.490 e. The number of benzene rings is 2. The summed E-state index contributed by atoms with van der Waals surface area (Å²) in [7, 11) is 1.68. The second-order valence-corrected chi connectivity index (χ2v) is 9.95. The number of amides is 1. The second-order valence-electron chi connectivity index (χ2n) is 6.16. The van der Waals surface area contributed by atoms with E-state index in [4.69, 9.17) is 33.3 Å². The van der Waals surface area contributed by atoms with Gasteiger partial charge in [-0.1, -0.05) is 35.6 Å². The average molecular weight is 578 g/mol. The van der Waals surface area contributed by atoms with Gasteiger partial charge < -0.3 is 9.47 Å². The van der Waals surface area contributed by atoms with E-state index < -0.39 is 0 Å². The molecule has 0 N–H and O–H groups in total. The van der Waals surface area contributed by atoms with E-state index in [0.29, 0.717) is 33.2 Å². The van der Waals surface area contributed by atoms with Crippen LogP contribution in [0.5, 0.6) is 11.5 Å². The van der Waals surface area contributed by atoms with Gasteiger partial charge >= 0.3 is 0 Å². The predicted octanol–water partition coefficient (Wildman–Crippen LogP) is 6.46. The van der Waals surface area contributed by atoms with E-state index in [0.717, 1.165) is 25.8 Å². The van der Waals surface area contributed by atoms with Gasteiger partial charge in [0.25, 0.3) is 5.91 Å². The summed E-state index contributed by atoms with van der Waals surface area (Å²) in [5.74, 6) is 1.32. The molecular weight excluding hydrogens is 562 g/mol. The van der Waals surface area contributed by atoms with Crippen LogP contribution >= 0.6 is 67.4 Å². The fourth-order valence-electron chi connectivity index (χ4n) is 2.51. The van der Waals surface area contributed by atoms with E-state index >= 15 is 0 Å². The minimum Gasteiger partial charge on any atom is -0.490 e. The Morgan fingerprint density at radius 1 is 1.17 bits per heavy atom. The minimum atomic E-state index is -0.0952. The standard InChI is InChI=1S/C20H16Br2ClNO3S2/c1-11-7-13(3-4-16(11)23)26-5-6-27-18-14(21)8-12(9-15(18)22)10-17-19(25)24(2)20(28)29-17/h3-4,7-10H,5-6H2,1-2H3/b17-10-. The fourth-order valence-corrected chi connectivity index (χ4v) is 5.26. The number of rotatable bonds is 6. The molecule has 2 aromatic carbocycles. The van der Waals surface area contributed by atoms with E-state index in [2.05, 4.69) is 31.9 Å². The highest BCUT2D eigenvalue weighted by atomic mass is 79.9. The molecule has 0 aromatic heterocycles. The smallest absolute Gasteiger partial charge is 0.265 e. The van der Waals surface area contributed by atoms with Crippen LogP contribution in [-0.4, -0.2) is 35.4 Å². The van der Waals surface area contributed by atoms with Crippen molar-refractivity contribution in [3.63, 3.8) is 0 Å². The van der Waals surface area contributed by atoms with Crippen molar-refractivity contribution >= 4 is 83.7 Å². The van der Waals surface area contributed by atoms with E-state index in [-0.39, 0.29) is 5.91 Å². The van der Waals surface area contributed by atoms with Crippen LogP contribution in [0.2, 0.25) is 5.02 Å². The van der Waals surface area contributed by atoms with Crippen LogP contribution in [0.1, 0.15) is 11.1 Å². The maximum Gasteiger partial charge on any atom is 0.265 e. The molecule has 3 rings (SSSR count). The van der Waals surface area contributed by atoms with Gasteiger partial charge in [0.05, 0.1) is 13.9 Å². The van der Waals surface area contributed by atoms with Gasteiger partial charge in [0.2, 0.25) is 0 Å². The van der Waals surface area contributed by atoms with Crippen LogP contribution in [0.4, 0.5) is 0 Å². The molecule has 1 amide bonds. The lowest BCUT2D eigenvalue weighted by molar-refractivity contribution is -0.121. The van der Waals surface area contributed by atoms with Crippen LogP contribution in [0.15, 0.2) is 44.2 Å². The molecule has 0 spiro atoms. The zero-order chi connectivity index (χ0) is 21.1. The van der Waals surface area contributed by atoms with E-state index in [1.807, 2.05) is 43.3 Å². The molecule has 4 nitrogen and oxygen atoms in total. The molecule has 29 heavy (non-hydrogen) atoms. The molecule has 1 heterocycles. The topological polar surface area (TPSA) is 38.8 Å². The van der Waals surface area contributed by atoms with Crippen molar-refractivity contribution in [3.8, 4) is 11.5 Å². The summed E-state index contributed by atoms with van der Waals surface area (Å²) in [6.07, 6.45) is 1.81. The minimum absolute atomic E-state index is 0.0952. The number of carbonyl (C=O) groups excluding carboxylic acids is 1. The normalized spacial score (nSPS) is 15.3. The quantitative estimate of drug-likeness (QED) is 0.224. The highest BCUT2D eigenvalue weighted by Gasteiger charge is 2.28. The van der Waals surface area contributed by atoms with Crippen LogP contribution in [0.25, 0.3) is 6.08 Å².